The Bertz CT molecular complexity index is 830. The lowest BCUT2D eigenvalue weighted by molar-refractivity contribution is -0.119. The second-order valence-corrected chi connectivity index (χ2v) is 5.03. The Hall–Kier alpha value is -3.10. The van der Waals surface area contributed by atoms with Gasteiger partial charge in [-0.1, -0.05) is 0 Å². The molecule has 0 bridgehead atoms. The first kappa shape index (κ1) is 14.8. The lowest BCUT2D eigenvalue weighted by atomic mass is 10.3. The zero-order valence-corrected chi connectivity index (χ0v) is 12.8. The largest absolute Gasteiger partial charge is 0.349 e. The molecule has 0 atom stereocenters. The molecule has 23 heavy (non-hydrogen) atoms. The van der Waals surface area contributed by atoms with E-state index in [0.29, 0.717) is 29.4 Å². The minimum atomic E-state index is -0.130. The topological polar surface area (TPSA) is 113 Å². The third-order valence-electron chi connectivity index (χ3n) is 3.25. The highest BCUT2D eigenvalue weighted by Gasteiger charge is 2.13. The lowest BCUT2D eigenvalue weighted by Crippen LogP contribution is -2.35. The summed E-state index contributed by atoms with van der Waals surface area (Å²) in [4.78, 5) is 37.4. The van der Waals surface area contributed by atoms with Gasteiger partial charge in [-0.2, -0.15) is 0 Å². The molecule has 2 N–H and O–H groups in total. The number of nitrogens with zero attached hydrogens (tertiary/aromatic N) is 6. The number of likely N-dealkylation sites (N-methyl/N-ethyl adjacent to an activating group) is 1. The van der Waals surface area contributed by atoms with Gasteiger partial charge in [-0.15, -0.1) is 0 Å². The van der Waals surface area contributed by atoms with Gasteiger partial charge in [0.1, 0.15) is 17.7 Å². The number of imidazole rings is 1. The number of amides is 1. The van der Waals surface area contributed by atoms with Crippen molar-refractivity contribution in [2.24, 2.45) is 0 Å². The van der Waals surface area contributed by atoms with Gasteiger partial charge in [-0.05, 0) is 13.0 Å². The van der Waals surface area contributed by atoms with E-state index in [1.807, 2.05) is 6.92 Å². The molecule has 9 heteroatoms. The average molecular weight is 312 g/mol. The van der Waals surface area contributed by atoms with E-state index in [-0.39, 0.29) is 12.5 Å². The highest BCUT2D eigenvalue weighted by Crippen LogP contribution is 2.17. The molecule has 1 amide bonds. The van der Waals surface area contributed by atoms with Crippen LogP contribution in [0.15, 0.2) is 24.9 Å². The number of hydrogen-bond acceptors (Lipinski definition) is 7. The summed E-state index contributed by atoms with van der Waals surface area (Å²) in [6.07, 6.45) is 4.65. The summed E-state index contributed by atoms with van der Waals surface area (Å²) in [7, 11) is 1.79. The van der Waals surface area contributed by atoms with Gasteiger partial charge >= 0.3 is 0 Å². The summed E-state index contributed by atoms with van der Waals surface area (Å²) in [5.74, 6) is 1.17. The van der Waals surface area contributed by atoms with E-state index in [1.54, 1.807) is 30.5 Å². The van der Waals surface area contributed by atoms with Crippen LogP contribution in [0.5, 0.6) is 0 Å². The number of fused-ring (bicyclic) bond motifs is 1. The van der Waals surface area contributed by atoms with Crippen molar-refractivity contribution in [3.05, 3.63) is 36.4 Å². The second-order valence-electron chi connectivity index (χ2n) is 5.03. The fraction of sp³-hybridized carbons (Fsp3) is 0.286. The van der Waals surface area contributed by atoms with Crippen LogP contribution < -0.4 is 10.2 Å². The molecule has 0 aromatic carbocycles. The molecule has 9 nitrogen and oxygen atoms in total. The second kappa shape index (κ2) is 6.34. The molecular formula is C14H16N8O. The third kappa shape index (κ3) is 3.39. The Labute approximate surface area is 132 Å². The monoisotopic (exact) mass is 312 g/mol. The number of carbonyl (C=O) groups excluding carboxylic acids is 1. The van der Waals surface area contributed by atoms with E-state index in [2.05, 4.69) is 35.2 Å². The van der Waals surface area contributed by atoms with Crippen molar-refractivity contribution in [3.8, 4) is 0 Å². The smallest absolute Gasteiger partial charge is 0.239 e. The van der Waals surface area contributed by atoms with Crippen molar-refractivity contribution in [2.45, 2.75) is 13.5 Å². The standard InChI is InChI=1S/C14H16N8O/c1-9-15-4-3-10(21-9)5-16-11(23)6-22(2)14-12-13(18-7-17-12)19-8-20-14/h3-4,7-8H,5-6H2,1-2H3,(H,16,23)(H,17,18,19,20). The van der Waals surface area contributed by atoms with E-state index >= 15 is 0 Å². The number of anilines is 1. The third-order valence-corrected chi connectivity index (χ3v) is 3.25. The maximum atomic E-state index is 12.1. The highest BCUT2D eigenvalue weighted by molar-refractivity contribution is 5.86. The Kier molecular flexibility index (Phi) is 4.09. The minimum Gasteiger partial charge on any atom is -0.349 e. The van der Waals surface area contributed by atoms with Crippen molar-refractivity contribution < 1.29 is 4.79 Å². The SMILES string of the molecule is Cc1nccc(CNC(=O)CN(C)c2ncnc3nc[nH]c23)n1. The van der Waals surface area contributed by atoms with Crippen molar-refractivity contribution in [2.75, 3.05) is 18.5 Å². The maximum Gasteiger partial charge on any atom is 0.239 e. The van der Waals surface area contributed by atoms with Crippen LogP contribution in [0.1, 0.15) is 11.5 Å². The van der Waals surface area contributed by atoms with Gasteiger partial charge < -0.3 is 15.2 Å². The number of H-pyrrole nitrogens is 1. The van der Waals surface area contributed by atoms with Crippen LogP contribution in [-0.2, 0) is 11.3 Å². The predicted molar refractivity (Wildman–Crippen MR) is 83.6 cm³/mol. The van der Waals surface area contributed by atoms with Gasteiger partial charge in [-0.25, -0.2) is 24.9 Å². The van der Waals surface area contributed by atoms with Crippen LogP contribution in [0.25, 0.3) is 11.2 Å². The number of rotatable bonds is 5. The van der Waals surface area contributed by atoms with Gasteiger partial charge in [-0.3, -0.25) is 4.79 Å². The first-order valence-corrected chi connectivity index (χ1v) is 7.04. The molecule has 0 saturated carbocycles. The Morgan fingerprint density at radius 2 is 2.17 bits per heavy atom. The summed E-state index contributed by atoms with van der Waals surface area (Å²) in [6.45, 7) is 2.33. The van der Waals surface area contributed by atoms with E-state index in [4.69, 9.17) is 0 Å². The molecular weight excluding hydrogens is 296 g/mol. The van der Waals surface area contributed by atoms with Gasteiger partial charge in [0.05, 0.1) is 25.1 Å². The summed E-state index contributed by atoms with van der Waals surface area (Å²) < 4.78 is 0. The maximum absolute atomic E-state index is 12.1. The molecule has 118 valence electrons. The fourth-order valence-corrected chi connectivity index (χ4v) is 2.18. The van der Waals surface area contributed by atoms with Crippen LogP contribution in [0.2, 0.25) is 0 Å². The Morgan fingerprint density at radius 1 is 1.30 bits per heavy atom. The van der Waals surface area contributed by atoms with Crippen LogP contribution in [0.3, 0.4) is 0 Å². The van der Waals surface area contributed by atoms with Crippen LogP contribution in [-0.4, -0.2) is 49.4 Å². The summed E-state index contributed by atoms with van der Waals surface area (Å²) in [5, 5.41) is 2.83. The van der Waals surface area contributed by atoms with Gasteiger partial charge in [0, 0.05) is 13.2 Å². The quantitative estimate of drug-likeness (QED) is 0.692. The number of carbonyl (C=O) groups is 1. The summed E-state index contributed by atoms with van der Waals surface area (Å²) in [6, 6.07) is 1.77. The number of aromatic amines is 1. The Balaban J connectivity index is 1.62. The number of nitrogens with one attached hydrogen (secondary N) is 2. The molecule has 0 fully saturated rings. The molecule has 0 aliphatic heterocycles. The van der Waals surface area contributed by atoms with E-state index in [9.17, 15) is 4.79 Å². The molecule has 3 rings (SSSR count). The molecule has 0 unspecified atom stereocenters. The highest BCUT2D eigenvalue weighted by atomic mass is 16.2. The molecule has 0 spiro atoms. The molecule has 3 aromatic rings. The van der Waals surface area contributed by atoms with Crippen LogP contribution in [0, 0.1) is 6.92 Å². The van der Waals surface area contributed by atoms with Crippen molar-refractivity contribution in [1.82, 2.24) is 35.2 Å². The van der Waals surface area contributed by atoms with Gasteiger partial charge in [0.2, 0.25) is 5.91 Å². The van der Waals surface area contributed by atoms with Crippen molar-refractivity contribution in [3.63, 3.8) is 0 Å². The number of hydrogen-bond donors (Lipinski definition) is 2. The normalized spacial score (nSPS) is 10.7. The molecule has 3 heterocycles. The molecule has 0 aliphatic rings. The minimum absolute atomic E-state index is 0.130. The fourth-order valence-electron chi connectivity index (χ4n) is 2.18. The Morgan fingerprint density at radius 3 is 3.00 bits per heavy atom. The summed E-state index contributed by atoms with van der Waals surface area (Å²) >= 11 is 0. The van der Waals surface area contributed by atoms with E-state index < -0.39 is 0 Å². The van der Waals surface area contributed by atoms with Crippen LogP contribution in [0.4, 0.5) is 5.82 Å². The lowest BCUT2D eigenvalue weighted by Gasteiger charge is -2.17. The van der Waals surface area contributed by atoms with Gasteiger partial charge in [0.15, 0.2) is 11.5 Å². The zero-order valence-electron chi connectivity index (χ0n) is 12.8. The average Bonchev–Trinajstić information content (AvgIpc) is 3.01. The molecule has 0 radical (unpaired) electrons. The zero-order chi connectivity index (χ0) is 16.2. The summed E-state index contributed by atoms with van der Waals surface area (Å²) in [5.41, 5.74) is 2.04. The predicted octanol–water partition coefficient (Wildman–Crippen LogP) is 0.204. The molecule has 3 aromatic heterocycles. The van der Waals surface area contributed by atoms with E-state index in [0.717, 1.165) is 5.69 Å². The molecule has 0 saturated heterocycles. The first-order valence-electron chi connectivity index (χ1n) is 7.04. The van der Waals surface area contributed by atoms with Crippen molar-refractivity contribution >= 4 is 22.9 Å². The van der Waals surface area contributed by atoms with Gasteiger partial charge in [0.25, 0.3) is 0 Å². The van der Waals surface area contributed by atoms with Crippen molar-refractivity contribution in [1.29, 1.82) is 0 Å². The number of aromatic nitrogens is 6. The first-order chi connectivity index (χ1) is 11.1. The number of aryl methyl sites for hydroxylation is 1. The molecule has 0 aliphatic carbocycles. The van der Waals surface area contributed by atoms with E-state index in [1.165, 1.54) is 6.33 Å². The van der Waals surface area contributed by atoms with Crippen LogP contribution >= 0.6 is 0 Å².